The van der Waals surface area contributed by atoms with Gasteiger partial charge in [-0.2, -0.15) is 10.2 Å². The first-order chi connectivity index (χ1) is 7.42. The predicted octanol–water partition coefficient (Wildman–Crippen LogP) is 1.36. The maximum atomic E-state index is 5.58. The first kappa shape index (κ1) is 9.86. The van der Waals surface area contributed by atoms with Gasteiger partial charge in [0.05, 0.1) is 18.3 Å². The van der Waals surface area contributed by atoms with E-state index in [9.17, 15) is 0 Å². The van der Waals surface area contributed by atoms with Gasteiger partial charge in [-0.15, -0.1) is 0 Å². The summed E-state index contributed by atoms with van der Waals surface area (Å²) in [5, 5.41) is 8.89. The highest BCUT2D eigenvalue weighted by Gasteiger charge is 2.02. The van der Waals surface area contributed by atoms with Crippen molar-refractivity contribution in [2.24, 2.45) is 5.73 Å². The summed E-state index contributed by atoms with van der Waals surface area (Å²) < 4.78 is 5.58. The van der Waals surface area contributed by atoms with Gasteiger partial charge in [-0.25, -0.2) is 0 Å². The maximum Gasteiger partial charge on any atom is 0.148 e. The zero-order valence-corrected chi connectivity index (χ0v) is 8.39. The van der Waals surface area contributed by atoms with Gasteiger partial charge in [0, 0.05) is 5.39 Å². The summed E-state index contributed by atoms with van der Waals surface area (Å²) in [6.45, 7) is 1.25. The molecule has 1 aromatic heterocycles. The highest BCUT2D eigenvalue weighted by molar-refractivity contribution is 5.83. The Bertz CT molecular complexity index is 439. The topological polar surface area (TPSA) is 61.0 Å². The normalized spacial score (nSPS) is 10.5. The van der Waals surface area contributed by atoms with E-state index in [2.05, 4.69) is 10.2 Å². The monoisotopic (exact) mass is 203 g/mol. The van der Waals surface area contributed by atoms with Gasteiger partial charge in [0.2, 0.25) is 0 Å². The first-order valence-corrected chi connectivity index (χ1v) is 4.95. The molecule has 0 saturated heterocycles. The standard InChI is InChI=1S/C11H13N3O/c12-6-3-7-15-11-8-13-14-10-5-2-1-4-9(10)11/h1-2,4-5,8H,3,6-7,12H2. The third-order valence-corrected chi connectivity index (χ3v) is 2.12. The van der Waals surface area contributed by atoms with Crippen LogP contribution in [0.2, 0.25) is 0 Å². The van der Waals surface area contributed by atoms with Crippen LogP contribution in [-0.2, 0) is 0 Å². The van der Waals surface area contributed by atoms with Gasteiger partial charge in [-0.3, -0.25) is 0 Å². The average Bonchev–Trinajstić information content (AvgIpc) is 2.30. The van der Waals surface area contributed by atoms with E-state index in [1.54, 1.807) is 6.20 Å². The Kier molecular flexibility index (Phi) is 3.09. The third-order valence-electron chi connectivity index (χ3n) is 2.12. The molecule has 2 N–H and O–H groups in total. The zero-order valence-electron chi connectivity index (χ0n) is 8.39. The zero-order chi connectivity index (χ0) is 10.5. The second-order valence-corrected chi connectivity index (χ2v) is 3.22. The van der Waals surface area contributed by atoms with E-state index in [-0.39, 0.29) is 0 Å². The van der Waals surface area contributed by atoms with Gasteiger partial charge >= 0.3 is 0 Å². The van der Waals surface area contributed by atoms with Crippen LogP contribution in [0.25, 0.3) is 10.9 Å². The van der Waals surface area contributed by atoms with Gasteiger partial charge in [-0.1, -0.05) is 12.1 Å². The van der Waals surface area contributed by atoms with Gasteiger partial charge in [0.15, 0.2) is 0 Å². The number of ether oxygens (including phenoxy) is 1. The van der Waals surface area contributed by atoms with Crippen molar-refractivity contribution in [3.8, 4) is 5.75 Å². The third kappa shape index (κ3) is 2.22. The maximum absolute atomic E-state index is 5.58. The smallest absolute Gasteiger partial charge is 0.148 e. The van der Waals surface area contributed by atoms with Gasteiger partial charge in [-0.05, 0) is 25.1 Å². The minimum Gasteiger partial charge on any atom is -0.491 e. The Labute approximate surface area is 88.1 Å². The number of nitrogens with two attached hydrogens (primary N) is 1. The van der Waals surface area contributed by atoms with E-state index in [1.807, 2.05) is 24.3 Å². The molecular formula is C11H13N3O. The molecule has 15 heavy (non-hydrogen) atoms. The summed E-state index contributed by atoms with van der Waals surface area (Å²) in [5.41, 5.74) is 6.25. The molecular weight excluding hydrogens is 190 g/mol. The number of nitrogens with zero attached hydrogens (tertiary/aromatic N) is 2. The molecule has 78 valence electrons. The van der Waals surface area contributed by atoms with Crippen molar-refractivity contribution < 1.29 is 4.74 Å². The number of benzene rings is 1. The van der Waals surface area contributed by atoms with Crippen molar-refractivity contribution in [1.82, 2.24) is 10.2 Å². The molecule has 0 aliphatic rings. The minimum absolute atomic E-state index is 0.617. The molecule has 0 bridgehead atoms. The second kappa shape index (κ2) is 4.70. The summed E-state index contributed by atoms with van der Waals surface area (Å²) in [7, 11) is 0. The molecule has 1 aromatic carbocycles. The van der Waals surface area contributed by atoms with Crippen LogP contribution >= 0.6 is 0 Å². The number of hydrogen-bond acceptors (Lipinski definition) is 4. The summed E-state index contributed by atoms with van der Waals surface area (Å²) in [5.74, 6) is 0.772. The molecule has 4 nitrogen and oxygen atoms in total. The molecule has 0 fully saturated rings. The highest BCUT2D eigenvalue weighted by atomic mass is 16.5. The van der Waals surface area contributed by atoms with E-state index < -0.39 is 0 Å². The Morgan fingerprint density at radius 3 is 3.00 bits per heavy atom. The summed E-state index contributed by atoms with van der Waals surface area (Å²) in [6, 6.07) is 7.78. The Hall–Kier alpha value is -1.68. The van der Waals surface area contributed by atoms with Crippen LogP contribution < -0.4 is 10.5 Å². The van der Waals surface area contributed by atoms with Gasteiger partial charge < -0.3 is 10.5 Å². The van der Waals surface area contributed by atoms with Crippen molar-refractivity contribution in [3.05, 3.63) is 30.5 Å². The fourth-order valence-electron chi connectivity index (χ4n) is 1.36. The predicted molar refractivity (Wildman–Crippen MR) is 58.7 cm³/mol. The molecule has 1 heterocycles. The summed E-state index contributed by atoms with van der Waals surface area (Å²) >= 11 is 0. The van der Waals surface area contributed by atoms with Crippen LogP contribution in [0.15, 0.2) is 30.5 Å². The van der Waals surface area contributed by atoms with E-state index in [0.29, 0.717) is 13.2 Å². The molecule has 0 aliphatic heterocycles. The van der Waals surface area contributed by atoms with Crippen LogP contribution in [0.4, 0.5) is 0 Å². The number of hydrogen-bond donors (Lipinski definition) is 1. The van der Waals surface area contributed by atoms with Gasteiger partial charge in [0.1, 0.15) is 5.75 Å². The summed E-state index contributed by atoms with van der Waals surface area (Å²) in [6.07, 6.45) is 2.48. The quantitative estimate of drug-likeness (QED) is 0.762. The largest absolute Gasteiger partial charge is 0.491 e. The van der Waals surface area contributed by atoms with Crippen LogP contribution in [-0.4, -0.2) is 23.3 Å². The van der Waals surface area contributed by atoms with Crippen LogP contribution in [0.3, 0.4) is 0 Å². The minimum atomic E-state index is 0.617. The van der Waals surface area contributed by atoms with Crippen molar-refractivity contribution in [1.29, 1.82) is 0 Å². The van der Waals surface area contributed by atoms with Crippen molar-refractivity contribution >= 4 is 10.9 Å². The lowest BCUT2D eigenvalue weighted by Gasteiger charge is -2.06. The van der Waals surface area contributed by atoms with Crippen molar-refractivity contribution in [2.75, 3.05) is 13.2 Å². The number of rotatable bonds is 4. The average molecular weight is 203 g/mol. The highest BCUT2D eigenvalue weighted by Crippen LogP contribution is 2.21. The van der Waals surface area contributed by atoms with Crippen LogP contribution in [0.5, 0.6) is 5.75 Å². The molecule has 0 unspecified atom stereocenters. The molecule has 0 atom stereocenters. The molecule has 0 aliphatic carbocycles. The molecule has 0 saturated carbocycles. The molecule has 2 rings (SSSR count). The fourth-order valence-corrected chi connectivity index (χ4v) is 1.36. The van der Waals surface area contributed by atoms with Crippen LogP contribution in [0.1, 0.15) is 6.42 Å². The van der Waals surface area contributed by atoms with E-state index >= 15 is 0 Å². The number of aromatic nitrogens is 2. The van der Waals surface area contributed by atoms with Gasteiger partial charge in [0.25, 0.3) is 0 Å². The lowest BCUT2D eigenvalue weighted by molar-refractivity contribution is 0.315. The fraction of sp³-hybridized carbons (Fsp3) is 0.273. The van der Waals surface area contributed by atoms with E-state index in [1.165, 1.54) is 0 Å². The van der Waals surface area contributed by atoms with E-state index in [4.69, 9.17) is 10.5 Å². The molecule has 0 amide bonds. The second-order valence-electron chi connectivity index (χ2n) is 3.22. The lowest BCUT2D eigenvalue weighted by atomic mass is 10.2. The van der Waals surface area contributed by atoms with Crippen molar-refractivity contribution in [3.63, 3.8) is 0 Å². The first-order valence-electron chi connectivity index (χ1n) is 4.95. The molecule has 0 radical (unpaired) electrons. The number of fused-ring (bicyclic) bond motifs is 1. The molecule has 4 heteroatoms. The van der Waals surface area contributed by atoms with Crippen molar-refractivity contribution in [2.45, 2.75) is 6.42 Å². The molecule has 0 spiro atoms. The Morgan fingerprint density at radius 1 is 1.27 bits per heavy atom. The summed E-state index contributed by atoms with van der Waals surface area (Å²) in [4.78, 5) is 0. The SMILES string of the molecule is NCCCOc1cnnc2ccccc12. The lowest BCUT2D eigenvalue weighted by Crippen LogP contribution is -2.06. The Morgan fingerprint density at radius 2 is 2.13 bits per heavy atom. The molecule has 2 aromatic rings. The Balaban J connectivity index is 2.26. The van der Waals surface area contributed by atoms with Crippen LogP contribution in [0, 0.1) is 0 Å². The van der Waals surface area contributed by atoms with E-state index in [0.717, 1.165) is 23.1 Å².